The van der Waals surface area contributed by atoms with Gasteiger partial charge in [-0.15, -0.1) is 0 Å². The maximum Gasteiger partial charge on any atom is 0.217 e. The second kappa shape index (κ2) is 2.97. The molecule has 1 fully saturated rings. The number of nitrogens with zero attached hydrogens (tertiary/aromatic N) is 1. The van der Waals surface area contributed by atoms with Gasteiger partial charge in [-0.25, -0.2) is 0 Å². The first kappa shape index (κ1) is 6.75. The maximum atomic E-state index is 10.2. The van der Waals surface area contributed by atoms with E-state index in [1.165, 1.54) is 0 Å². The molecule has 0 aromatic rings. The van der Waals surface area contributed by atoms with E-state index in [2.05, 4.69) is 11.8 Å². The molecule has 2 nitrogen and oxygen atoms in total. The van der Waals surface area contributed by atoms with Crippen molar-refractivity contribution in [2.45, 2.75) is 25.8 Å². The van der Waals surface area contributed by atoms with E-state index in [9.17, 15) is 4.79 Å². The fourth-order valence-electron chi connectivity index (χ4n) is 1.34. The quantitative estimate of drug-likeness (QED) is 0.539. The summed E-state index contributed by atoms with van der Waals surface area (Å²) in [5.41, 5.74) is 0. The van der Waals surface area contributed by atoms with Crippen molar-refractivity contribution in [3.63, 3.8) is 0 Å². The summed E-state index contributed by atoms with van der Waals surface area (Å²) in [6.45, 7) is 4.14. The van der Waals surface area contributed by atoms with Gasteiger partial charge in [0.25, 0.3) is 0 Å². The molecular formula is C7H12NO. The van der Waals surface area contributed by atoms with Gasteiger partial charge in [0.1, 0.15) is 0 Å². The maximum absolute atomic E-state index is 10.2. The summed E-state index contributed by atoms with van der Waals surface area (Å²) in [5.74, 6) is 0. The molecular weight excluding hydrogens is 114 g/mol. The Labute approximate surface area is 55.8 Å². The largest absolute Gasteiger partial charge is 0.293 e. The molecule has 0 amide bonds. The molecule has 1 aliphatic heterocycles. The van der Waals surface area contributed by atoms with Crippen LogP contribution in [0.3, 0.4) is 0 Å². The summed E-state index contributed by atoms with van der Waals surface area (Å²) in [7, 11) is 0. The number of carbonyl (C=O) groups excluding carboxylic acids is 1. The van der Waals surface area contributed by atoms with Gasteiger partial charge in [0.05, 0.1) is 6.04 Å². The smallest absolute Gasteiger partial charge is 0.217 e. The van der Waals surface area contributed by atoms with Crippen molar-refractivity contribution >= 4 is 6.29 Å². The first-order chi connectivity index (χ1) is 4.38. The highest BCUT2D eigenvalue weighted by atomic mass is 16.1. The molecule has 0 saturated carbocycles. The molecule has 1 rings (SSSR count). The van der Waals surface area contributed by atoms with E-state index in [0.717, 1.165) is 25.9 Å². The Morgan fingerprint density at radius 3 is 3.00 bits per heavy atom. The van der Waals surface area contributed by atoms with E-state index in [0.29, 0.717) is 0 Å². The van der Waals surface area contributed by atoms with E-state index < -0.39 is 0 Å². The minimum absolute atomic E-state index is 0.106. The van der Waals surface area contributed by atoms with Crippen LogP contribution in [0, 0.1) is 0 Å². The molecule has 1 aliphatic rings. The Morgan fingerprint density at radius 2 is 2.56 bits per heavy atom. The van der Waals surface area contributed by atoms with Gasteiger partial charge in [0.15, 0.2) is 0 Å². The molecule has 0 bridgehead atoms. The van der Waals surface area contributed by atoms with E-state index in [1.54, 1.807) is 0 Å². The summed E-state index contributed by atoms with van der Waals surface area (Å²) in [6.07, 6.45) is 4.21. The third-order valence-corrected chi connectivity index (χ3v) is 1.91. The third kappa shape index (κ3) is 1.30. The second-order valence-corrected chi connectivity index (χ2v) is 2.40. The Morgan fingerprint density at radius 1 is 1.78 bits per heavy atom. The summed E-state index contributed by atoms with van der Waals surface area (Å²) in [4.78, 5) is 12.4. The fourth-order valence-corrected chi connectivity index (χ4v) is 1.34. The first-order valence-electron chi connectivity index (χ1n) is 3.50. The summed E-state index contributed by atoms with van der Waals surface area (Å²) < 4.78 is 0. The lowest BCUT2D eigenvalue weighted by molar-refractivity contribution is 0.312. The minimum atomic E-state index is 0.106. The topological polar surface area (TPSA) is 20.3 Å². The summed E-state index contributed by atoms with van der Waals surface area (Å²) in [6, 6.07) is 0.106. The lowest BCUT2D eigenvalue weighted by Gasteiger charge is -2.15. The van der Waals surface area contributed by atoms with Crippen LogP contribution in [-0.2, 0) is 4.79 Å². The van der Waals surface area contributed by atoms with Crippen LogP contribution in [0.5, 0.6) is 0 Å². The molecule has 0 unspecified atom stereocenters. The number of likely N-dealkylation sites (N-methyl/N-ethyl adjacent to an activating group) is 1. The fraction of sp³-hybridized carbons (Fsp3) is 0.857. The van der Waals surface area contributed by atoms with Crippen molar-refractivity contribution in [1.29, 1.82) is 0 Å². The van der Waals surface area contributed by atoms with Gasteiger partial charge in [-0.2, -0.15) is 0 Å². The van der Waals surface area contributed by atoms with Crippen LogP contribution in [-0.4, -0.2) is 30.3 Å². The average Bonchev–Trinajstić information content (AvgIpc) is 2.33. The Hall–Kier alpha value is -0.370. The third-order valence-electron chi connectivity index (χ3n) is 1.91. The van der Waals surface area contributed by atoms with Gasteiger partial charge in [-0.05, 0) is 25.9 Å². The minimum Gasteiger partial charge on any atom is -0.293 e. The van der Waals surface area contributed by atoms with Crippen molar-refractivity contribution in [3.05, 3.63) is 0 Å². The Balaban J connectivity index is 2.41. The lowest BCUT2D eigenvalue weighted by Crippen LogP contribution is -2.29. The molecule has 2 heteroatoms. The predicted octanol–water partition coefficient (Wildman–Crippen LogP) is 0.580. The number of likely N-dealkylation sites (tertiary alicyclic amines) is 1. The molecule has 0 aromatic heterocycles. The lowest BCUT2D eigenvalue weighted by atomic mass is 10.2. The molecule has 51 valence electrons. The van der Waals surface area contributed by atoms with Gasteiger partial charge in [0.2, 0.25) is 6.29 Å². The van der Waals surface area contributed by atoms with Crippen molar-refractivity contribution < 1.29 is 4.79 Å². The van der Waals surface area contributed by atoms with Crippen LogP contribution in [0.1, 0.15) is 19.8 Å². The highest BCUT2D eigenvalue weighted by Gasteiger charge is 2.22. The molecule has 9 heavy (non-hydrogen) atoms. The predicted molar refractivity (Wildman–Crippen MR) is 36.0 cm³/mol. The molecule has 1 atom stereocenters. The molecule has 0 spiro atoms. The Kier molecular flexibility index (Phi) is 2.22. The number of rotatable bonds is 2. The highest BCUT2D eigenvalue weighted by Crippen LogP contribution is 2.13. The molecule has 1 saturated heterocycles. The second-order valence-electron chi connectivity index (χ2n) is 2.40. The zero-order valence-electron chi connectivity index (χ0n) is 5.76. The number of hydrogen-bond acceptors (Lipinski definition) is 2. The zero-order valence-corrected chi connectivity index (χ0v) is 5.76. The van der Waals surface area contributed by atoms with Crippen molar-refractivity contribution in [2.75, 3.05) is 13.1 Å². The average molecular weight is 126 g/mol. The highest BCUT2D eigenvalue weighted by molar-refractivity contribution is 5.58. The van der Waals surface area contributed by atoms with Crippen molar-refractivity contribution in [1.82, 2.24) is 4.90 Å². The first-order valence-corrected chi connectivity index (χ1v) is 3.50. The molecule has 0 aromatic carbocycles. The van der Waals surface area contributed by atoms with Crippen molar-refractivity contribution in [3.8, 4) is 0 Å². The van der Waals surface area contributed by atoms with Gasteiger partial charge in [0, 0.05) is 0 Å². The zero-order chi connectivity index (χ0) is 6.69. The molecule has 1 heterocycles. The van der Waals surface area contributed by atoms with Gasteiger partial charge in [-0.3, -0.25) is 9.69 Å². The van der Waals surface area contributed by atoms with Crippen molar-refractivity contribution in [2.24, 2.45) is 0 Å². The summed E-state index contributed by atoms with van der Waals surface area (Å²) >= 11 is 0. The van der Waals surface area contributed by atoms with Gasteiger partial charge < -0.3 is 0 Å². The van der Waals surface area contributed by atoms with Crippen LogP contribution in [0.15, 0.2) is 0 Å². The van der Waals surface area contributed by atoms with Crippen LogP contribution in [0.25, 0.3) is 0 Å². The summed E-state index contributed by atoms with van der Waals surface area (Å²) in [5, 5.41) is 0. The van der Waals surface area contributed by atoms with Crippen LogP contribution in [0.2, 0.25) is 0 Å². The molecule has 0 aliphatic carbocycles. The van der Waals surface area contributed by atoms with E-state index >= 15 is 0 Å². The van der Waals surface area contributed by atoms with Gasteiger partial charge >= 0.3 is 0 Å². The molecule has 1 radical (unpaired) electrons. The van der Waals surface area contributed by atoms with Crippen LogP contribution >= 0.6 is 0 Å². The standard InChI is InChI=1S/C7H12NO/c1-2-8-5-3-4-7(8)6-9/h7H,2-5H2,1H3/t7-/m0/s1. The van der Waals surface area contributed by atoms with Crippen LogP contribution in [0.4, 0.5) is 0 Å². The Bertz CT molecular complexity index is 103. The van der Waals surface area contributed by atoms with Gasteiger partial charge in [-0.1, -0.05) is 6.92 Å². The molecule has 0 N–H and O–H groups in total. The van der Waals surface area contributed by atoms with E-state index in [4.69, 9.17) is 0 Å². The van der Waals surface area contributed by atoms with E-state index in [1.807, 2.05) is 6.29 Å². The number of hydrogen-bond donors (Lipinski definition) is 0. The van der Waals surface area contributed by atoms with Crippen LogP contribution < -0.4 is 0 Å². The normalized spacial score (nSPS) is 28.8. The van der Waals surface area contributed by atoms with E-state index in [-0.39, 0.29) is 6.04 Å². The SMILES string of the molecule is CCN1CCC[C@H]1[C]=O. The monoisotopic (exact) mass is 126 g/mol.